The van der Waals surface area contributed by atoms with Gasteiger partial charge in [-0.15, -0.1) is 0 Å². The Morgan fingerprint density at radius 2 is 2.15 bits per heavy atom. The molecule has 0 aliphatic heterocycles. The van der Waals surface area contributed by atoms with E-state index >= 15 is 0 Å². The van der Waals surface area contributed by atoms with Gasteiger partial charge >= 0.3 is 0 Å². The summed E-state index contributed by atoms with van der Waals surface area (Å²) < 4.78 is 28.7. The second-order valence-electron chi connectivity index (χ2n) is 4.85. The molecule has 1 aromatic heterocycles. The normalized spacial score (nSPS) is 12.6. The van der Waals surface area contributed by atoms with Crippen LogP contribution < -0.4 is 5.32 Å². The average Bonchev–Trinajstić information content (AvgIpc) is 2.94. The van der Waals surface area contributed by atoms with Crippen molar-refractivity contribution in [2.45, 2.75) is 32.4 Å². The molecule has 1 N–H and O–H groups in total. The molecule has 0 amide bonds. The van der Waals surface area contributed by atoms with Crippen LogP contribution in [0, 0.1) is 11.6 Å². The van der Waals surface area contributed by atoms with Crippen molar-refractivity contribution in [1.82, 2.24) is 14.9 Å². The van der Waals surface area contributed by atoms with Gasteiger partial charge in [-0.25, -0.2) is 13.8 Å². The van der Waals surface area contributed by atoms with E-state index < -0.39 is 5.82 Å². The Bertz CT molecular complexity index is 526. The van der Waals surface area contributed by atoms with Gasteiger partial charge in [-0.3, -0.25) is 0 Å². The van der Waals surface area contributed by atoms with E-state index in [2.05, 4.69) is 10.3 Å². The monoisotopic (exact) mass is 279 g/mol. The fourth-order valence-corrected chi connectivity index (χ4v) is 2.11. The Labute approximate surface area is 117 Å². The summed E-state index contributed by atoms with van der Waals surface area (Å²) in [5.41, 5.74) is 0.375. The molecule has 1 heterocycles. The fraction of sp³-hybridized carbons (Fsp3) is 0.400. The molecule has 0 aliphatic carbocycles. The highest BCUT2D eigenvalue weighted by Crippen LogP contribution is 2.17. The zero-order valence-electron chi connectivity index (χ0n) is 11.5. The van der Waals surface area contributed by atoms with Crippen molar-refractivity contribution in [3.63, 3.8) is 0 Å². The number of aryl methyl sites for hydroxylation is 1. The summed E-state index contributed by atoms with van der Waals surface area (Å²) in [4.78, 5) is 3.98. The first-order valence-corrected chi connectivity index (χ1v) is 6.81. The first kappa shape index (κ1) is 14.7. The molecule has 1 aromatic carbocycles. The molecule has 2 aromatic rings. The van der Waals surface area contributed by atoms with Crippen LogP contribution in [0.15, 0.2) is 36.9 Å². The summed E-state index contributed by atoms with van der Waals surface area (Å²) in [7, 11) is 0. The molecule has 5 heteroatoms. The third-order valence-corrected chi connectivity index (χ3v) is 3.28. The first-order chi connectivity index (χ1) is 9.66. The van der Waals surface area contributed by atoms with E-state index in [1.807, 2.05) is 17.7 Å². The number of rotatable bonds is 7. The Morgan fingerprint density at radius 3 is 2.90 bits per heavy atom. The molecule has 1 atom stereocenters. The van der Waals surface area contributed by atoms with Gasteiger partial charge in [0.05, 0.1) is 6.33 Å². The average molecular weight is 279 g/mol. The van der Waals surface area contributed by atoms with Gasteiger partial charge in [0.2, 0.25) is 0 Å². The van der Waals surface area contributed by atoms with Crippen molar-refractivity contribution in [3.05, 3.63) is 54.1 Å². The standard InChI is InChI=1S/C15H19F2N3/c1-12(14-10-13(16)4-5-15(14)17)19-6-2-3-8-20-9-7-18-11-20/h4-5,7,9-12,19H,2-3,6,8H2,1H3. The molecular weight excluding hydrogens is 260 g/mol. The minimum atomic E-state index is -0.407. The molecule has 1 unspecified atom stereocenters. The van der Waals surface area contributed by atoms with Gasteiger partial charge in [-0.05, 0) is 44.5 Å². The summed E-state index contributed by atoms with van der Waals surface area (Å²) >= 11 is 0. The lowest BCUT2D eigenvalue weighted by Gasteiger charge is -2.15. The van der Waals surface area contributed by atoms with E-state index in [1.54, 1.807) is 12.5 Å². The number of aromatic nitrogens is 2. The van der Waals surface area contributed by atoms with Gasteiger partial charge in [0.25, 0.3) is 0 Å². The second kappa shape index (κ2) is 7.14. The summed E-state index contributed by atoms with van der Waals surface area (Å²) in [6.45, 7) is 3.53. The molecule has 2 rings (SSSR count). The third-order valence-electron chi connectivity index (χ3n) is 3.28. The highest BCUT2D eigenvalue weighted by Gasteiger charge is 2.11. The highest BCUT2D eigenvalue weighted by atomic mass is 19.1. The quantitative estimate of drug-likeness (QED) is 0.788. The van der Waals surface area contributed by atoms with E-state index in [-0.39, 0.29) is 11.9 Å². The Hall–Kier alpha value is -1.75. The van der Waals surface area contributed by atoms with Gasteiger partial charge in [-0.1, -0.05) is 0 Å². The summed E-state index contributed by atoms with van der Waals surface area (Å²) in [5.74, 6) is -0.778. The molecule has 0 fully saturated rings. The van der Waals surface area contributed by atoms with Crippen molar-refractivity contribution in [1.29, 1.82) is 0 Å². The van der Waals surface area contributed by atoms with Gasteiger partial charge in [-0.2, -0.15) is 0 Å². The minimum Gasteiger partial charge on any atom is -0.337 e. The highest BCUT2D eigenvalue weighted by molar-refractivity contribution is 5.21. The number of imidazole rings is 1. The minimum absolute atomic E-state index is 0.195. The summed E-state index contributed by atoms with van der Waals surface area (Å²) in [6.07, 6.45) is 7.46. The Balaban J connectivity index is 1.72. The number of unbranched alkanes of at least 4 members (excludes halogenated alkanes) is 1. The van der Waals surface area contributed by atoms with Crippen LogP contribution in [0.5, 0.6) is 0 Å². The molecule has 0 saturated heterocycles. The van der Waals surface area contributed by atoms with Crippen molar-refractivity contribution < 1.29 is 8.78 Å². The number of nitrogens with one attached hydrogen (secondary N) is 1. The maximum atomic E-state index is 13.6. The van der Waals surface area contributed by atoms with Crippen LogP contribution in [0.3, 0.4) is 0 Å². The largest absolute Gasteiger partial charge is 0.337 e. The van der Waals surface area contributed by atoms with Crippen molar-refractivity contribution >= 4 is 0 Å². The lowest BCUT2D eigenvalue weighted by molar-refractivity contribution is 0.497. The third kappa shape index (κ3) is 4.13. The SMILES string of the molecule is CC(NCCCCn1ccnc1)c1cc(F)ccc1F. The van der Waals surface area contributed by atoms with Crippen LogP contribution in [0.4, 0.5) is 8.78 Å². The van der Waals surface area contributed by atoms with Gasteiger partial charge < -0.3 is 9.88 Å². The second-order valence-corrected chi connectivity index (χ2v) is 4.85. The zero-order chi connectivity index (χ0) is 14.4. The van der Waals surface area contributed by atoms with Crippen LogP contribution in [-0.2, 0) is 6.54 Å². The molecular formula is C15H19F2N3. The van der Waals surface area contributed by atoms with Crippen LogP contribution in [0.25, 0.3) is 0 Å². The van der Waals surface area contributed by atoms with Gasteiger partial charge in [0.15, 0.2) is 0 Å². The predicted octanol–water partition coefficient (Wildman–Crippen LogP) is 3.29. The Kier molecular flexibility index (Phi) is 5.24. The van der Waals surface area contributed by atoms with E-state index in [1.165, 1.54) is 12.1 Å². The van der Waals surface area contributed by atoms with Crippen molar-refractivity contribution in [3.8, 4) is 0 Å². The number of nitrogens with zero attached hydrogens (tertiary/aromatic N) is 2. The molecule has 0 spiro atoms. The van der Waals surface area contributed by atoms with Crippen molar-refractivity contribution in [2.24, 2.45) is 0 Å². The lowest BCUT2D eigenvalue weighted by Crippen LogP contribution is -2.21. The van der Waals surface area contributed by atoms with Crippen LogP contribution >= 0.6 is 0 Å². The smallest absolute Gasteiger partial charge is 0.128 e. The van der Waals surface area contributed by atoms with Crippen molar-refractivity contribution in [2.75, 3.05) is 6.54 Å². The maximum Gasteiger partial charge on any atom is 0.128 e. The number of hydrogen-bond acceptors (Lipinski definition) is 2. The fourth-order valence-electron chi connectivity index (χ4n) is 2.11. The molecule has 0 saturated carbocycles. The van der Waals surface area contributed by atoms with Crippen LogP contribution in [-0.4, -0.2) is 16.1 Å². The van der Waals surface area contributed by atoms with Crippen LogP contribution in [0.1, 0.15) is 31.4 Å². The molecule has 0 bridgehead atoms. The van der Waals surface area contributed by atoms with Gasteiger partial charge in [0.1, 0.15) is 11.6 Å². The lowest BCUT2D eigenvalue weighted by atomic mass is 10.1. The van der Waals surface area contributed by atoms with E-state index in [9.17, 15) is 8.78 Å². The predicted molar refractivity (Wildman–Crippen MR) is 74.2 cm³/mol. The molecule has 20 heavy (non-hydrogen) atoms. The zero-order valence-corrected chi connectivity index (χ0v) is 11.5. The first-order valence-electron chi connectivity index (χ1n) is 6.81. The molecule has 108 valence electrons. The number of halogens is 2. The summed E-state index contributed by atoms with van der Waals surface area (Å²) in [6, 6.07) is 3.36. The molecule has 0 radical (unpaired) electrons. The van der Waals surface area contributed by atoms with E-state index in [0.717, 1.165) is 32.0 Å². The maximum absolute atomic E-state index is 13.6. The molecule has 0 aliphatic rings. The number of benzene rings is 1. The number of hydrogen-bond donors (Lipinski definition) is 1. The Morgan fingerprint density at radius 1 is 1.30 bits per heavy atom. The van der Waals surface area contributed by atoms with Gasteiger partial charge in [0, 0.05) is 30.5 Å². The summed E-state index contributed by atoms with van der Waals surface area (Å²) in [5, 5.41) is 3.22. The molecule has 3 nitrogen and oxygen atoms in total. The van der Waals surface area contributed by atoms with Crippen LogP contribution in [0.2, 0.25) is 0 Å². The van der Waals surface area contributed by atoms with E-state index in [4.69, 9.17) is 0 Å². The van der Waals surface area contributed by atoms with E-state index in [0.29, 0.717) is 5.56 Å². The topological polar surface area (TPSA) is 29.9 Å².